The molecule has 0 aromatic heterocycles. The van der Waals surface area contributed by atoms with E-state index in [4.69, 9.17) is 39.5 Å². The van der Waals surface area contributed by atoms with Crippen LogP contribution < -0.4 is 5.32 Å². The van der Waals surface area contributed by atoms with Crippen LogP contribution in [0.4, 0.5) is 10.1 Å². The summed E-state index contributed by atoms with van der Waals surface area (Å²) in [6, 6.07) is 8.79. The first-order valence-electron chi connectivity index (χ1n) is 6.71. The molecule has 2 aromatic rings. The largest absolute Gasteiger partial charge is 0.455 e. The Balaban J connectivity index is 1.91. The third-order valence-electron chi connectivity index (χ3n) is 2.97. The van der Waals surface area contributed by atoms with E-state index in [1.807, 2.05) is 0 Å². The zero-order valence-corrected chi connectivity index (χ0v) is 14.4. The highest BCUT2D eigenvalue weighted by Gasteiger charge is 2.15. The maximum atomic E-state index is 13.6. The molecule has 4 nitrogen and oxygen atoms in total. The average Bonchev–Trinajstić information content (AvgIpc) is 2.53. The summed E-state index contributed by atoms with van der Waals surface area (Å²) in [4.78, 5) is 23.5. The molecule has 24 heavy (non-hydrogen) atoms. The minimum absolute atomic E-state index is 0.0127. The van der Waals surface area contributed by atoms with Crippen LogP contribution in [0.25, 0.3) is 0 Å². The lowest BCUT2D eigenvalue weighted by Gasteiger charge is -2.10. The van der Waals surface area contributed by atoms with Crippen molar-refractivity contribution in [1.29, 1.82) is 0 Å². The van der Waals surface area contributed by atoms with Crippen molar-refractivity contribution < 1.29 is 18.7 Å². The number of anilines is 1. The van der Waals surface area contributed by atoms with Gasteiger partial charge < -0.3 is 10.1 Å². The van der Waals surface area contributed by atoms with Gasteiger partial charge in [-0.15, -0.1) is 0 Å². The van der Waals surface area contributed by atoms with E-state index in [1.54, 1.807) is 18.2 Å². The summed E-state index contributed by atoms with van der Waals surface area (Å²) in [5.41, 5.74) is 0.234. The van der Waals surface area contributed by atoms with E-state index in [2.05, 4.69) is 5.32 Å². The van der Waals surface area contributed by atoms with Gasteiger partial charge in [0, 0.05) is 10.6 Å². The number of esters is 1. The van der Waals surface area contributed by atoms with Gasteiger partial charge in [-0.3, -0.25) is 9.59 Å². The van der Waals surface area contributed by atoms with Crippen molar-refractivity contribution in [3.63, 3.8) is 0 Å². The molecule has 126 valence electrons. The maximum Gasteiger partial charge on any atom is 0.310 e. The number of carbonyl (C=O) groups excluding carboxylic acids is 2. The van der Waals surface area contributed by atoms with Gasteiger partial charge in [-0.05, 0) is 24.3 Å². The zero-order valence-electron chi connectivity index (χ0n) is 12.1. The van der Waals surface area contributed by atoms with Gasteiger partial charge in [-0.2, -0.15) is 0 Å². The highest BCUT2D eigenvalue weighted by Crippen LogP contribution is 2.29. The molecule has 0 aliphatic heterocycles. The average molecular weight is 391 g/mol. The second kappa shape index (κ2) is 8.33. The van der Waals surface area contributed by atoms with E-state index in [9.17, 15) is 14.0 Å². The number of halogens is 4. The van der Waals surface area contributed by atoms with Crippen LogP contribution in [0.15, 0.2) is 36.4 Å². The van der Waals surface area contributed by atoms with E-state index >= 15 is 0 Å². The molecule has 0 aliphatic rings. The Morgan fingerprint density at radius 1 is 1.00 bits per heavy atom. The lowest BCUT2D eigenvalue weighted by molar-refractivity contribution is -0.146. The summed E-state index contributed by atoms with van der Waals surface area (Å²) >= 11 is 17.7. The Morgan fingerprint density at radius 2 is 1.58 bits per heavy atom. The Hall–Kier alpha value is -1.82. The molecule has 1 N–H and O–H groups in total. The number of hydrogen-bond donors (Lipinski definition) is 1. The van der Waals surface area contributed by atoms with Crippen molar-refractivity contribution in [1.82, 2.24) is 0 Å². The molecule has 0 aliphatic carbocycles. The summed E-state index contributed by atoms with van der Waals surface area (Å²) in [6.45, 7) is -0.563. The van der Waals surface area contributed by atoms with Crippen molar-refractivity contribution in [3.05, 3.63) is 62.8 Å². The minimum Gasteiger partial charge on any atom is -0.455 e. The molecule has 2 rings (SSSR count). The molecule has 0 saturated carbocycles. The predicted octanol–water partition coefficient (Wildman–Crippen LogP) is 4.51. The van der Waals surface area contributed by atoms with Gasteiger partial charge in [0.1, 0.15) is 5.82 Å². The molecule has 2 aromatic carbocycles. The van der Waals surface area contributed by atoms with Crippen LogP contribution in [0.2, 0.25) is 15.1 Å². The van der Waals surface area contributed by atoms with Crippen LogP contribution in [0.5, 0.6) is 0 Å². The number of nitrogens with one attached hydrogen (secondary N) is 1. The molecule has 0 unspecified atom stereocenters. The Labute approximate surface area is 152 Å². The summed E-state index contributed by atoms with van der Waals surface area (Å²) in [5, 5.41) is 3.05. The molecule has 0 atom stereocenters. The van der Waals surface area contributed by atoms with Crippen molar-refractivity contribution in [2.45, 2.75) is 6.42 Å². The number of benzene rings is 2. The van der Waals surface area contributed by atoms with Crippen LogP contribution in [0.1, 0.15) is 5.56 Å². The van der Waals surface area contributed by atoms with Gasteiger partial charge in [-0.1, -0.05) is 46.9 Å². The van der Waals surface area contributed by atoms with Gasteiger partial charge >= 0.3 is 5.97 Å². The summed E-state index contributed by atoms with van der Waals surface area (Å²) in [5.74, 6) is -2.04. The molecule has 1 amide bonds. The fourth-order valence-electron chi connectivity index (χ4n) is 1.84. The third-order valence-corrected chi connectivity index (χ3v) is 3.96. The van der Waals surface area contributed by atoms with Crippen LogP contribution >= 0.6 is 34.8 Å². The first-order chi connectivity index (χ1) is 11.4. The van der Waals surface area contributed by atoms with Crippen LogP contribution in [-0.2, 0) is 20.7 Å². The fraction of sp³-hybridized carbons (Fsp3) is 0.125. The highest BCUT2D eigenvalue weighted by molar-refractivity contribution is 6.39. The Morgan fingerprint density at radius 3 is 2.21 bits per heavy atom. The lowest BCUT2D eigenvalue weighted by Crippen LogP contribution is -2.22. The number of ether oxygens (including phenoxy) is 1. The van der Waals surface area contributed by atoms with Crippen molar-refractivity contribution in [2.24, 2.45) is 0 Å². The van der Waals surface area contributed by atoms with Crippen LogP contribution in [0, 0.1) is 5.82 Å². The standard InChI is InChI=1S/C16H11Cl3FNO3/c17-10-3-2-6-13(20)9(10)7-15(23)24-8-14(22)21-16-11(18)4-1-5-12(16)19/h1-6H,7-8H2,(H,21,22). The number of carbonyl (C=O) groups is 2. The highest BCUT2D eigenvalue weighted by atomic mass is 35.5. The lowest BCUT2D eigenvalue weighted by atomic mass is 10.1. The normalized spacial score (nSPS) is 10.3. The molecule has 0 radical (unpaired) electrons. The molecule has 8 heteroatoms. The second-order valence-corrected chi connectivity index (χ2v) is 5.90. The molecule has 0 bridgehead atoms. The summed E-state index contributed by atoms with van der Waals surface area (Å²) in [7, 11) is 0. The first kappa shape index (κ1) is 18.5. The van der Waals surface area contributed by atoms with E-state index in [-0.39, 0.29) is 32.7 Å². The van der Waals surface area contributed by atoms with Crippen molar-refractivity contribution in [3.8, 4) is 0 Å². The van der Waals surface area contributed by atoms with Gasteiger partial charge in [0.2, 0.25) is 0 Å². The first-order valence-corrected chi connectivity index (χ1v) is 7.84. The van der Waals surface area contributed by atoms with E-state index in [0.717, 1.165) is 0 Å². The molecule has 0 fully saturated rings. The van der Waals surface area contributed by atoms with Crippen LogP contribution in [-0.4, -0.2) is 18.5 Å². The van der Waals surface area contributed by atoms with E-state index in [1.165, 1.54) is 18.2 Å². The SMILES string of the molecule is O=C(COC(=O)Cc1c(F)cccc1Cl)Nc1c(Cl)cccc1Cl. The fourth-order valence-corrected chi connectivity index (χ4v) is 2.56. The quantitative estimate of drug-likeness (QED) is 0.764. The number of hydrogen-bond acceptors (Lipinski definition) is 3. The Kier molecular flexibility index (Phi) is 6.43. The molecule has 0 heterocycles. The molecule has 0 saturated heterocycles. The minimum atomic E-state index is -0.789. The number of amides is 1. The van der Waals surface area contributed by atoms with Gasteiger partial charge in [0.05, 0.1) is 22.2 Å². The molecular formula is C16H11Cl3FNO3. The third kappa shape index (κ3) is 4.84. The topological polar surface area (TPSA) is 55.4 Å². The van der Waals surface area contributed by atoms with Gasteiger partial charge in [-0.25, -0.2) is 4.39 Å². The second-order valence-electron chi connectivity index (χ2n) is 4.68. The predicted molar refractivity (Wildman–Crippen MR) is 91.2 cm³/mol. The summed E-state index contributed by atoms with van der Waals surface area (Å²) in [6.07, 6.45) is -0.383. The maximum absolute atomic E-state index is 13.6. The van der Waals surface area contributed by atoms with Crippen molar-refractivity contribution in [2.75, 3.05) is 11.9 Å². The molecular weight excluding hydrogens is 380 g/mol. The number of para-hydroxylation sites is 1. The van der Waals surface area contributed by atoms with E-state index in [0.29, 0.717) is 0 Å². The number of rotatable bonds is 5. The smallest absolute Gasteiger partial charge is 0.310 e. The van der Waals surface area contributed by atoms with Crippen LogP contribution in [0.3, 0.4) is 0 Å². The zero-order chi connectivity index (χ0) is 17.7. The van der Waals surface area contributed by atoms with Gasteiger partial charge in [0.25, 0.3) is 5.91 Å². The monoisotopic (exact) mass is 389 g/mol. The van der Waals surface area contributed by atoms with Crippen molar-refractivity contribution >= 4 is 52.4 Å². The van der Waals surface area contributed by atoms with E-state index < -0.39 is 24.3 Å². The van der Waals surface area contributed by atoms with Gasteiger partial charge in [0.15, 0.2) is 6.61 Å². The Bertz CT molecular complexity index is 677. The molecule has 0 spiro atoms. The summed E-state index contributed by atoms with van der Waals surface area (Å²) < 4.78 is 18.4.